The van der Waals surface area contributed by atoms with Gasteiger partial charge in [-0.1, -0.05) is 88.9 Å². The molecular formula is C16H13Cl4N3O. The van der Waals surface area contributed by atoms with Crippen LogP contribution >= 0.6 is 46.4 Å². The van der Waals surface area contributed by atoms with Gasteiger partial charge in [0.05, 0.1) is 10.6 Å². The number of hydrogen-bond acceptors (Lipinski definition) is 2. The molecule has 0 aliphatic carbocycles. The first-order chi connectivity index (χ1) is 11.3. The average molecular weight is 405 g/mol. The summed E-state index contributed by atoms with van der Waals surface area (Å²) in [5, 5.41) is 2.80. The summed E-state index contributed by atoms with van der Waals surface area (Å²) < 4.78 is -1.89. The molecule has 4 nitrogen and oxygen atoms in total. The zero-order chi connectivity index (χ0) is 17.7. The van der Waals surface area contributed by atoms with Gasteiger partial charge in [-0.15, -0.1) is 0 Å². The van der Waals surface area contributed by atoms with Crippen molar-refractivity contribution in [1.29, 1.82) is 0 Å². The predicted molar refractivity (Wildman–Crippen MR) is 100 cm³/mol. The third-order valence-electron chi connectivity index (χ3n) is 3.03. The topological polar surface area (TPSA) is 67.5 Å². The number of carbonyl (C=O) groups excluding carboxylic acids is 1. The summed E-state index contributed by atoms with van der Waals surface area (Å²) in [5.41, 5.74) is 6.82. The average Bonchev–Trinajstić information content (AvgIpc) is 2.54. The molecule has 8 heteroatoms. The van der Waals surface area contributed by atoms with Crippen LogP contribution in [0.1, 0.15) is 15.9 Å². The van der Waals surface area contributed by atoms with E-state index in [2.05, 4.69) is 10.3 Å². The summed E-state index contributed by atoms with van der Waals surface area (Å²) in [6.07, 6.45) is -1.19. The summed E-state index contributed by atoms with van der Waals surface area (Å²) in [4.78, 5) is 16.5. The van der Waals surface area contributed by atoms with Gasteiger partial charge in [-0.25, -0.2) is 4.99 Å². The second-order valence-corrected chi connectivity index (χ2v) is 7.55. The molecule has 0 fully saturated rings. The quantitative estimate of drug-likeness (QED) is 0.456. The first-order valence-corrected chi connectivity index (χ1v) is 8.31. The normalized spacial score (nSPS) is 13.4. The SMILES string of the molecule is N/C(=N\C(NC(=O)c1ccccc1Cl)C(Cl)(Cl)Cl)c1ccccc1. The molecule has 126 valence electrons. The minimum Gasteiger partial charge on any atom is -0.383 e. The number of amidine groups is 1. The van der Waals surface area contributed by atoms with Crippen LogP contribution in [0.5, 0.6) is 0 Å². The number of hydrogen-bond donors (Lipinski definition) is 2. The molecule has 2 aromatic carbocycles. The van der Waals surface area contributed by atoms with E-state index in [4.69, 9.17) is 52.1 Å². The summed E-state index contributed by atoms with van der Waals surface area (Å²) in [5.74, 6) is -0.395. The molecule has 24 heavy (non-hydrogen) atoms. The highest BCUT2D eigenvalue weighted by Crippen LogP contribution is 2.31. The van der Waals surface area contributed by atoms with Crippen molar-refractivity contribution >= 4 is 58.1 Å². The van der Waals surface area contributed by atoms with E-state index in [1.165, 1.54) is 0 Å². The van der Waals surface area contributed by atoms with E-state index in [9.17, 15) is 4.79 Å². The van der Waals surface area contributed by atoms with Crippen LogP contribution in [0, 0.1) is 0 Å². The largest absolute Gasteiger partial charge is 0.383 e. The van der Waals surface area contributed by atoms with Gasteiger partial charge in [0.2, 0.25) is 3.79 Å². The van der Waals surface area contributed by atoms with Gasteiger partial charge in [0.1, 0.15) is 5.84 Å². The number of nitrogens with two attached hydrogens (primary N) is 1. The van der Waals surface area contributed by atoms with Gasteiger partial charge in [-0.2, -0.15) is 0 Å². The highest BCUT2D eigenvalue weighted by molar-refractivity contribution is 6.68. The Balaban J connectivity index is 2.27. The second-order valence-electron chi connectivity index (χ2n) is 4.78. The van der Waals surface area contributed by atoms with Crippen LogP contribution < -0.4 is 11.1 Å². The molecule has 0 bridgehead atoms. The fourth-order valence-electron chi connectivity index (χ4n) is 1.86. The number of halogens is 4. The zero-order valence-corrected chi connectivity index (χ0v) is 15.2. The van der Waals surface area contributed by atoms with Crippen molar-refractivity contribution in [2.75, 3.05) is 0 Å². The Labute approximate surface area is 159 Å². The fraction of sp³-hybridized carbons (Fsp3) is 0.125. The lowest BCUT2D eigenvalue weighted by molar-refractivity contribution is 0.0939. The summed E-state index contributed by atoms with van der Waals surface area (Å²) in [7, 11) is 0. The minimum atomic E-state index is -1.89. The molecule has 0 spiro atoms. The third-order valence-corrected chi connectivity index (χ3v) is 3.98. The van der Waals surface area contributed by atoms with Crippen molar-refractivity contribution < 1.29 is 4.79 Å². The first kappa shape index (κ1) is 18.9. The lowest BCUT2D eigenvalue weighted by Gasteiger charge is -2.22. The molecule has 3 N–H and O–H groups in total. The standard InChI is InChI=1S/C16H13Cl4N3O/c17-12-9-5-4-8-11(12)14(24)23-15(16(18,19)20)22-13(21)10-6-2-1-3-7-10/h1-9,15H,(H2,21,22)(H,23,24). The molecule has 0 saturated heterocycles. The Morgan fingerprint density at radius 2 is 1.62 bits per heavy atom. The molecule has 0 heterocycles. The maximum absolute atomic E-state index is 12.4. The van der Waals surface area contributed by atoms with Crippen LogP contribution in [0.4, 0.5) is 0 Å². The number of carbonyl (C=O) groups is 1. The summed E-state index contributed by atoms with van der Waals surface area (Å²) in [6.45, 7) is 0. The van der Waals surface area contributed by atoms with Gasteiger partial charge < -0.3 is 11.1 Å². The fourth-order valence-corrected chi connectivity index (χ4v) is 2.39. The van der Waals surface area contributed by atoms with Crippen molar-refractivity contribution in [3.63, 3.8) is 0 Å². The molecule has 0 aliphatic rings. The number of nitrogens with zero attached hydrogens (tertiary/aromatic N) is 1. The Morgan fingerprint density at radius 1 is 1.04 bits per heavy atom. The molecule has 0 radical (unpaired) electrons. The highest BCUT2D eigenvalue weighted by atomic mass is 35.6. The van der Waals surface area contributed by atoms with Crippen LogP contribution in [0.15, 0.2) is 59.6 Å². The lowest BCUT2D eigenvalue weighted by atomic mass is 10.2. The lowest BCUT2D eigenvalue weighted by Crippen LogP contribution is -2.43. The molecule has 2 rings (SSSR count). The van der Waals surface area contributed by atoms with E-state index in [1.54, 1.807) is 48.5 Å². The van der Waals surface area contributed by atoms with E-state index in [0.29, 0.717) is 5.56 Å². The van der Waals surface area contributed by atoms with Gasteiger partial charge in [0.15, 0.2) is 6.17 Å². The molecule has 1 unspecified atom stereocenters. The van der Waals surface area contributed by atoms with E-state index in [1.807, 2.05) is 6.07 Å². The number of rotatable bonds is 4. The molecule has 0 aliphatic heterocycles. The van der Waals surface area contributed by atoms with Crippen LogP contribution in [0.2, 0.25) is 5.02 Å². The van der Waals surface area contributed by atoms with Crippen molar-refractivity contribution in [1.82, 2.24) is 5.32 Å². The van der Waals surface area contributed by atoms with Crippen molar-refractivity contribution in [2.24, 2.45) is 10.7 Å². The number of aliphatic imine (C=N–C) groups is 1. The Kier molecular flexibility index (Phi) is 6.35. The second kappa shape index (κ2) is 8.08. The van der Waals surface area contributed by atoms with E-state index in [0.717, 1.165) is 0 Å². The van der Waals surface area contributed by atoms with Gasteiger partial charge >= 0.3 is 0 Å². The van der Waals surface area contributed by atoms with E-state index < -0.39 is 15.9 Å². The number of amides is 1. The maximum atomic E-state index is 12.4. The Hall–Kier alpha value is -1.46. The summed E-state index contributed by atoms with van der Waals surface area (Å²) in [6, 6.07) is 15.5. The van der Waals surface area contributed by atoms with Crippen molar-refractivity contribution in [3.05, 3.63) is 70.7 Å². The monoisotopic (exact) mass is 403 g/mol. The Morgan fingerprint density at radius 3 is 2.21 bits per heavy atom. The van der Waals surface area contributed by atoms with Gasteiger partial charge in [0.25, 0.3) is 5.91 Å². The molecular weight excluding hydrogens is 392 g/mol. The number of alkyl halides is 3. The summed E-state index contributed by atoms with van der Waals surface area (Å²) >= 11 is 23.8. The molecule has 0 aromatic heterocycles. The van der Waals surface area contributed by atoms with Crippen molar-refractivity contribution in [3.8, 4) is 0 Å². The third kappa shape index (κ3) is 5.02. The first-order valence-electron chi connectivity index (χ1n) is 6.80. The molecule has 1 amide bonds. The van der Waals surface area contributed by atoms with Crippen LogP contribution in [0.25, 0.3) is 0 Å². The van der Waals surface area contributed by atoms with Gasteiger partial charge in [-0.05, 0) is 12.1 Å². The van der Waals surface area contributed by atoms with Gasteiger partial charge in [0, 0.05) is 5.56 Å². The molecule has 0 saturated carbocycles. The van der Waals surface area contributed by atoms with Crippen LogP contribution in [0.3, 0.4) is 0 Å². The Bertz CT molecular complexity index is 744. The van der Waals surface area contributed by atoms with E-state index >= 15 is 0 Å². The minimum absolute atomic E-state index is 0.131. The number of benzene rings is 2. The molecule has 1 atom stereocenters. The predicted octanol–water partition coefficient (Wildman–Crippen LogP) is 4.17. The van der Waals surface area contributed by atoms with Crippen molar-refractivity contribution in [2.45, 2.75) is 9.96 Å². The smallest absolute Gasteiger partial charge is 0.254 e. The number of nitrogens with one attached hydrogen (secondary N) is 1. The van der Waals surface area contributed by atoms with Crippen LogP contribution in [-0.4, -0.2) is 21.7 Å². The zero-order valence-electron chi connectivity index (χ0n) is 12.2. The highest BCUT2D eigenvalue weighted by Gasteiger charge is 2.34. The van der Waals surface area contributed by atoms with Crippen LogP contribution in [-0.2, 0) is 0 Å². The maximum Gasteiger partial charge on any atom is 0.254 e. The van der Waals surface area contributed by atoms with E-state index in [-0.39, 0.29) is 16.4 Å². The molecule has 2 aromatic rings. The van der Waals surface area contributed by atoms with Gasteiger partial charge in [-0.3, -0.25) is 4.79 Å².